The van der Waals surface area contributed by atoms with Crippen molar-refractivity contribution in [3.05, 3.63) is 33.8 Å². The van der Waals surface area contributed by atoms with Gasteiger partial charge in [0.25, 0.3) is 5.91 Å². The topological polar surface area (TPSA) is 23.6 Å². The number of hydrogen-bond acceptors (Lipinski definition) is 2. The van der Waals surface area contributed by atoms with Gasteiger partial charge in [-0.15, -0.1) is 0 Å². The van der Waals surface area contributed by atoms with Crippen LogP contribution in [0.3, 0.4) is 0 Å². The summed E-state index contributed by atoms with van der Waals surface area (Å²) in [6, 6.07) is 6.42. The van der Waals surface area contributed by atoms with Crippen molar-refractivity contribution in [1.82, 2.24) is 9.80 Å². The minimum Gasteiger partial charge on any atom is -0.339 e. The van der Waals surface area contributed by atoms with Crippen LogP contribution in [0.2, 0.25) is 0 Å². The third-order valence-corrected chi connectivity index (χ3v) is 4.78. The molecule has 3 nitrogen and oxygen atoms in total. The molecule has 0 aliphatic carbocycles. The van der Waals surface area contributed by atoms with Gasteiger partial charge in [-0.3, -0.25) is 4.79 Å². The Bertz CT molecular complexity index is 465. The number of carbonyl (C=O) groups excluding carboxylic acids is 1. The fourth-order valence-electron chi connectivity index (χ4n) is 2.55. The number of carbonyl (C=O) groups is 1. The summed E-state index contributed by atoms with van der Waals surface area (Å²) in [5.41, 5.74) is 1.90. The third-order valence-electron chi connectivity index (χ3n) is 3.89. The van der Waals surface area contributed by atoms with Gasteiger partial charge in [-0.2, -0.15) is 0 Å². The summed E-state index contributed by atoms with van der Waals surface area (Å²) in [5.74, 6) is 0.160. The Morgan fingerprint density at radius 2 is 1.95 bits per heavy atom. The van der Waals surface area contributed by atoms with Gasteiger partial charge in [-0.05, 0) is 57.6 Å². The molecule has 4 heteroatoms. The number of likely N-dealkylation sites (tertiary alicyclic amines) is 1. The first-order valence-corrected chi connectivity index (χ1v) is 7.50. The number of aryl methyl sites for hydroxylation is 1. The minimum absolute atomic E-state index is 0.160. The van der Waals surface area contributed by atoms with Crippen molar-refractivity contribution in [3.63, 3.8) is 0 Å². The zero-order chi connectivity index (χ0) is 14.0. The van der Waals surface area contributed by atoms with Crippen molar-refractivity contribution < 1.29 is 4.79 Å². The molecule has 0 bridgehead atoms. The lowest BCUT2D eigenvalue weighted by molar-refractivity contribution is 0.0663. The number of benzene rings is 1. The van der Waals surface area contributed by atoms with Gasteiger partial charge in [-0.1, -0.05) is 15.9 Å². The molecule has 0 spiro atoms. The average molecular weight is 325 g/mol. The molecule has 0 radical (unpaired) electrons. The number of rotatable bonds is 2. The van der Waals surface area contributed by atoms with Gasteiger partial charge >= 0.3 is 0 Å². The van der Waals surface area contributed by atoms with Gasteiger partial charge in [0.05, 0.1) is 0 Å². The highest BCUT2D eigenvalue weighted by atomic mass is 79.9. The van der Waals surface area contributed by atoms with Crippen LogP contribution in [0, 0.1) is 6.92 Å². The molecular weight excluding hydrogens is 304 g/mol. The second kappa shape index (κ2) is 6.06. The summed E-state index contributed by atoms with van der Waals surface area (Å²) in [4.78, 5) is 16.7. The van der Waals surface area contributed by atoms with Crippen molar-refractivity contribution in [2.45, 2.75) is 25.8 Å². The highest BCUT2D eigenvalue weighted by molar-refractivity contribution is 9.10. The van der Waals surface area contributed by atoms with Crippen molar-refractivity contribution in [1.29, 1.82) is 0 Å². The van der Waals surface area contributed by atoms with Gasteiger partial charge in [-0.25, -0.2) is 0 Å². The first-order chi connectivity index (χ1) is 8.99. The lowest BCUT2D eigenvalue weighted by Gasteiger charge is -2.35. The maximum atomic E-state index is 12.4. The Hall–Kier alpha value is -0.870. The Labute approximate surface area is 123 Å². The SMILES string of the molecule is Cc1cc(C(=O)N2CCC(N(C)C)CC2)ccc1Br. The van der Waals surface area contributed by atoms with Gasteiger partial charge in [0.1, 0.15) is 0 Å². The van der Waals surface area contributed by atoms with Gasteiger partial charge < -0.3 is 9.80 Å². The van der Waals surface area contributed by atoms with Crippen LogP contribution >= 0.6 is 15.9 Å². The van der Waals surface area contributed by atoms with Crippen LogP contribution in [-0.4, -0.2) is 48.9 Å². The first-order valence-electron chi connectivity index (χ1n) is 6.71. The van der Waals surface area contributed by atoms with Crippen LogP contribution in [0.4, 0.5) is 0 Å². The Morgan fingerprint density at radius 3 is 2.47 bits per heavy atom. The molecule has 0 saturated carbocycles. The second-order valence-electron chi connectivity index (χ2n) is 5.45. The van der Waals surface area contributed by atoms with Gasteiger partial charge in [0.15, 0.2) is 0 Å². The molecule has 19 heavy (non-hydrogen) atoms. The predicted molar refractivity (Wildman–Crippen MR) is 81.5 cm³/mol. The van der Waals surface area contributed by atoms with Crippen LogP contribution < -0.4 is 0 Å². The second-order valence-corrected chi connectivity index (χ2v) is 6.31. The molecule has 1 aromatic rings. The highest BCUT2D eigenvalue weighted by Gasteiger charge is 2.24. The van der Waals surface area contributed by atoms with E-state index in [2.05, 4.69) is 34.9 Å². The van der Waals surface area contributed by atoms with E-state index in [0.29, 0.717) is 6.04 Å². The number of nitrogens with zero attached hydrogens (tertiary/aromatic N) is 2. The molecule has 0 N–H and O–H groups in total. The molecule has 1 heterocycles. The maximum absolute atomic E-state index is 12.4. The van der Waals surface area contributed by atoms with E-state index < -0.39 is 0 Å². The Balaban J connectivity index is 2.03. The molecule has 2 rings (SSSR count). The van der Waals surface area contributed by atoms with E-state index in [4.69, 9.17) is 0 Å². The minimum atomic E-state index is 0.160. The fraction of sp³-hybridized carbons (Fsp3) is 0.533. The fourth-order valence-corrected chi connectivity index (χ4v) is 2.79. The van der Waals surface area contributed by atoms with Crippen LogP contribution in [-0.2, 0) is 0 Å². The first kappa shape index (κ1) is 14.5. The van der Waals surface area contributed by atoms with E-state index in [1.165, 1.54) is 0 Å². The van der Waals surface area contributed by atoms with Crippen molar-refractivity contribution >= 4 is 21.8 Å². The van der Waals surface area contributed by atoms with Crippen molar-refractivity contribution in [3.8, 4) is 0 Å². The predicted octanol–water partition coefficient (Wildman–Crippen LogP) is 2.92. The quantitative estimate of drug-likeness (QED) is 0.835. The summed E-state index contributed by atoms with van der Waals surface area (Å²) in [7, 11) is 4.22. The monoisotopic (exact) mass is 324 g/mol. The van der Waals surface area contributed by atoms with E-state index in [1.807, 2.05) is 30.0 Å². The summed E-state index contributed by atoms with van der Waals surface area (Å²) in [6.45, 7) is 3.73. The molecule has 0 unspecified atom stereocenters. The van der Waals surface area contributed by atoms with E-state index >= 15 is 0 Å². The van der Waals surface area contributed by atoms with Crippen LogP contribution in [0.25, 0.3) is 0 Å². The molecule has 1 aliphatic heterocycles. The van der Waals surface area contributed by atoms with E-state index in [0.717, 1.165) is 41.5 Å². The lowest BCUT2D eigenvalue weighted by atomic mass is 10.0. The molecule has 1 aliphatic rings. The number of piperidine rings is 1. The number of hydrogen-bond donors (Lipinski definition) is 0. The van der Waals surface area contributed by atoms with Crippen LogP contribution in [0.5, 0.6) is 0 Å². The molecule has 0 atom stereocenters. The summed E-state index contributed by atoms with van der Waals surface area (Å²) in [5, 5.41) is 0. The molecule has 1 saturated heterocycles. The Kier molecular flexibility index (Phi) is 4.63. The zero-order valence-corrected chi connectivity index (χ0v) is 13.4. The molecule has 1 aromatic carbocycles. The van der Waals surface area contributed by atoms with Crippen LogP contribution in [0.15, 0.2) is 22.7 Å². The average Bonchev–Trinajstić information content (AvgIpc) is 2.41. The lowest BCUT2D eigenvalue weighted by Crippen LogP contribution is -2.44. The number of amides is 1. The van der Waals surface area contributed by atoms with Crippen molar-refractivity contribution in [2.75, 3.05) is 27.2 Å². The van der Waals surface area contributed by atoms with E-state index in [9.17, 15) is 4.79 Å². The molecule has 104 valence electrons. The highest BCUT2D eigenvalue weighted by Crippen LogP contribution is 2.20. The standard InChI is InChI=1S/C15H21BrN2O/c1-11-10-12(4-5-14(11)16)15(19)18-8-6-13(7-9-18)17(2)3/h4-5,10,13H,6-9H2,1-3H3. The smallest absolute Gasteiger partial charge is 0.253 e. The normalized spacial score (nSPS) is 17.0. The number of halogens is 1. The largest absolute Gasteiger partial charge is 0.339 e. The third kappa shape index (κ3) is 3.37. The summed E-state index contributed by atoms with van der Waals surface area (Å²) < 4.78 is 1.05. The van der Waals surface area contributed by atoms with E-state index in [1.54, 1.807) is 0 Å². The van der Waals surface area contributed by atoms with Gasteiger partial charge in [0, 0.05) is 29.2 Å². The molecule has 1 amide bonds. The van der Waals surface area contributed by atoms with Crippen LogP contribution in [0.1, 0.15) is 28.8 Å². The zero-order valence-electron chi connectivity index (χ0n) is 11.8. The Morgan fingerprint density at radius 1 is 1.32 bits per heavy atom. The molecule has 0 aromatic heterocycles. The summed E-state index contributed by atoms with van der Waals surface area (Å²) >= 11 is 3.47. The van der Waals surface area contributed by atoms with Gasteiger partial charge in [0.2, 0.25) is 0 Å². The van der Waals surface area contributed by atoms with Crippen molar-refractivity contribution in [2.24, 2.45) is 0 Å². The molecule has 1 fully saturated rings. The summed E-state index contributed by atoms with van der Waals surface area (Å²) in [6.07, 6.45) is 2.13. The molecular formula is C15H21BrN2O. The maximum Gasteiger partial charge on any atom is 0.253 e. The van der Waals surface area contributed by atoms with E-state index in [-0.39, 0.29) is 5.91 Å².